The summed E-state index contributed by atoms with van der Waals surface area (Å²) < 4.78 is 38.4. The van der Waals surface area contributed by atoms with E-state index in [-0.39, 0.29) is 23.9 Å². The van der Waals surface area contributed by atoms with Gasteiger partial charge < -0.3 is 21.1 Å². The molecule has 2 rings (SSSR count). The number of rotatable bonds is 7. The van der Waals surface area contributed by atoms with E-state index >= 15 is 0 Å². The Bertz CT molecular complexity index is 856. The minimum absolute atomic E-state index is 0.00993. The molecule has 6 nitrogen and oxygen atoms in total. The predicted octanol–water partition coefficient (Wildman–Crippen LogP) is 4.24. The second kappa shape index (κ2) is 9.92. The fraction of sp³-hybridized carbons (Fsp3) is 0.300. The summed E-state index contributed by atoms with van der Waals surface area (Å²) >= 11 is 0. The Morgan fingerprint density at radius 1 is 1.03 bits per heavy atom. The molecule has 9 heteroatoms. The first kappa shape index (κ1) is 22.2. The zero-order valence-corrected chi connectivity index (χ0v) is 15.7. The highest BCUT2D eigenvalue weighted by Crippen LogP contribution is 2.30. The van der Waals surface area contributed by atoms with Crippen molar-refractivity contribution in [2.45, 2.75) is 32.0 Å². The first-order valence-electron chi connectivity index (χ1n) is 9.00. The number of carbonyl (C=O) groups is 2. The summed E-state index contributed by atoms with van der Waals surface area (Å²) in [6.07, 6.45) is -3.44. The predicted molar refractivity (Wildman–Crippen MR) is 104 cm³/mol. The minimum atomic E-state index is -4.51. The molecule has 0 aliphatic heterocycles. The van der Waals surface area contributed by atoms with Crippen molar-refractivity contribution in [1.82, 2.24) is 5.32 Å². The van der Waals surface area contributed by atoms with E-state index in [0.29, 0.717) is 18.5 Å². The molecule has 2 aromatic rings. The number of aliphatic hydroxyl groups excluding tert-OH is 1. The molecule has 0 saturated carbocycles. The lowest BCUT2D eigenvalue weighted by Gasteiger charge is -2.16. The van der Waals surface area contributed by atoms with Crippen LogP contribution >= 0.6 is 0 Å². The van der Waals surface area contributed by atoms with E-state index in [1.165, 1.54) is 24.3 Å². The average Bonchev–Trinajstić information content (AvgIpc) is 2.67. The average molecular weight is 409 g/mol. The molecule has 156 valence electrons. The number of anilines is 2. The Morgan fingerprint density at radius 2 is 1.69 bits per heavy atom. The number of amides is 3. The number of hydrogen-bond acceptors (Lipinski definition) is 3. The van der Waals surface area contributed by atoms with Crippen LogP contribution in [0.4, 0.5) is 29.3 Å². The topological polar surface area (TPSA) is 90.5 Å². The highest BCUT2D eigenvalue weighted by Gasteiger charge is 2.30. The maximum Gasteiger partial charge on any atom is 0.416 e. The van der Waals surface area contributed by atoms with Crippen LogP contribution in [-0.2, 0) is 6.18 Å². The summed E-state index contributed by atoms with van der Waals surface area (Å²) in [6.45, 7) is 1.82. The lowest BCUT2D eigenvalue weighted by atomic mass is 10.1. The van der Waals surface area contributed by atoms with Crippen LogP contribution < -0.4 is 16.0 Å². The van der Waals surface area contributed by atoms with Crippen LogP contribution in [0.5, 0.6) is 0 Å². The maximum atomic E-state index is 12.8. The van der Waals surface area contributed by atoms with Crippen molar-refractivity contribution in [1.29, 1.82) is 0 Å². The zero-order valence-electron chi connectivity index (χ0n) is 15.7. The SMILES string of the molecule is CCC(CCO)NC(=O)Nc1cccc(C(=O)Nc2cccc(C(F)(F)F)c2)c1. The Labute approximate surface area is 166 Å². The smallest absolute Gasteiger partial charge is 0.396 e. The number of aliphatic hydroxyl groups is 1. The molecule has 0 aliphatic rings. The van der Waals surface area contributed by atoms with Crippen molar-refractivity contribution in [2.75, 3.05) is 17.2 Å². The van der Waals surface area contributed by atoms with Gasteiger partial charge in [-0.3, -0.25) is 4.79 Å². The lowest BCUT2D eigenvalue weighted by molar-refractivity contribution is -0.137. The van der Waals surface area contributed by atoms with Gasteiger partial charge in [0.1, 0.15) is 0 Å². The van der Waals surface area contributed by atoms with Crippen molar-refractivity contribution in [3.63, 3.8) is 0 Å². The standard InChI is InChI=1S/C20H22F3N3O3/c1-2-15(9-10-27)25-19(29)26-16-7-3-5-13(11-16)18(28)24-17-8-4-6-14(12-17)20(21,22)23/h3-8,11-12,15,27H,2,9-10H2,1H3,(H,24,28)(H2,25,26,29). The van der Waals surface area contributed by atoms with E-state index < -0.39 is 23.7 Å². The Kier molecular flexibility index (Phi) is 7.60. The van der Waals surface area contributed by atoms with Crippen LogP contribution in [0.3, 0.4) is 0 Å². The van der Waals surface area contributed by atoms with E-state index in [9.17, 15) is 22.8 Å². The van der Waals surface area contributed by atoms with Crippen LogP contribution in [0.15, 0.2) is 48.5 Å². The second-order valence-electron chi connectivity index (χ2n) is 6.33. The van der Waals surface area contributed by atoms with E-state index in [4.69, 9.17) is 5.11 Å². The van der Waals surface area contributed by atoms with Gasteiger partial charge in [0, 0.05) is 29.6 Å². The summed E-state index contributed by atoms with van der Waals surface area (Å²) in [5.41, 5.74) is -0.341. The number of urea groups is 1. The highest BCUT2D eigenvalue weighted by molar-refractivity contribution is 6.05. The fourth-order valence-electron chi connectivity index (χ4n) is 2.60. The zero-order chi connectivity index (χ0) is 21.4. The molecule has 0 radical (unpaired) electrons. The number of carbonyl (C=O) groups excluding carboxylic acids is 2. The molecule has 29 heavy (non-hydrogen) atoms. The lowest BCUT2D eigenvalue weighted by Crippen LogP contribution is -2.38. The second-order valence-corrected chi connectivity index (χ2v) is 6.33. The molecule has 2 aromatic carbocycles. The minimum Gasteiger partial charge on any atom is -0.396 e. The summed E-state index contributed by atoms with van der Waals surface area (Å²) in [5, 5.41) is 16.7. The van der Waals surface area contributed by atoms with Crippen molar-refractivity contribution < 1.29 is 27.9 Å². The number of hydrogen-bond donors (Lipinski definition) is 4. The summed E-state index contributed by atoms with van der Waals surface area (Å²) in [6, 6.07) is 9.66. The van der Waals surface area contributed by atoms with Gasteiger partial charge in [-0.15, -0.1) is 0 Å². The molecular weight excluding hydrogens is 387 g/mol. The molecule has 3 amide bonds. The molecule has 0 bridgehead atoms. The maximum absolute atomic E-state index is 12.8. The van der Waals surface area contributed by atoms with Gasteiger partial charge in [0.15, 0.2) is 0 Å². The fourth-order valence-corrected chi connectivity index (χ4v) is 2.60. The normalized spacial score (nSPS) is 12.2. The van der Waals surface area contributed by atoms with E-state index in [2.05, 4.69) is 16.0 Å². The molecular formula is C20H22F3N3O3. The Balaban J connectivity index is 2.05. The Hall–Kier alpha value is -3.07. The van der Waals surface area contributed by atoms with Crippen LogP contribution in [0.1, 0.15) is 35.7 Å². The molecule has 1 unspecified atom stereocenters. The van der Waals surface area contributed by atoms with Crippen molar-refractivity contribution in [2.24, 2.45) is 0 Å². The summed E-state index contributed by atoms with van der Waals surface area (Å²) in [4.78, 5) is 24.4. The van der Waals surface area contributed by atoms with Crippen LogP contribution in [0, 0.1) is 0 Å². The van der Waals surface area contributed by atoms with Gasteiger partial charge in [-0.2, -0.15) is 13.2 Å². The Morgan fingerprint density at radius 3 is 2.31 bits per heavy atom. The van der Waals surface area contributed by atoms with Gasteiger partial charge in [0.2, 0.25) is 0 Å². The van der Waals surface area contributed by atoms with Gasteiger partial charge in [-0.1, -0.05) is 19.1 Å². The molecule has 0 heterocycles. The monoisotopic (exact) mass is 409 g/mol. The van der Waals surface area contributed by atoms with Gasteiger partial charge in [0.05, 0.1) is 5.56 Å². The van der Waals surface area contributed by atoms with Crippen LogP contribution in [0.25, 0.3) is 0 Å². The third kappa shape index (κ3) is 6.79. The summed E-state index contributed by atoms with van der Waals surface area (Å²) in [5.74, 6) is -0.611. The first-order valence-corrected chi connectivity index (χ1v) is 9.00. The molecule has 4 N–H and O–H groups in total. The molecule has 0 fully saturated rings. The van der Waals surface area contributed by atoms with Gasteiger partial charge >= 0.3 is 12.2 Å². The van der Waals surface area contributed by atoms with Crippen LogP contribution in [-0.4, -0.2) is 29.7 Å². The van der Waals surface area contributed by atoms with E-state index in [1.54, 1.807) is 12.1 Å². The van der Waals surface area contributed by atoms with Gasteiger partial charge in [-0.05, 0) is 49.2 Å². The van der Waals surface area contributed by atoms with Gasteiger partial charge in [0.25, 0.3) is 5.91 Å². The molecule has 0 aliphatic carbocycles. The molecule has 0 aromatic heterocycles. The molecule has 0 saturated heterocycles. The number of benzene rings is 2. The number of nitrogens with one attached hydrogen (secondary N) is 3. The van der Waals surface area contributed by atoms with Crippen molar-refractivity contribution >= 4 is 23.3 Å². The largest absolute Gasteiger partial charge is 0.416 e. The molecule has 0 spiro atoms. The van der Waals surface area contributed by atoms with Crippen LogP contribution in [0.2, 0.25) is 0 Å². The summed E-state index contributed by atoms with van der Waals surface area (Å²) in [7, 11) is 0. The van der Waals surface area contributed by atoms with Crippen molar-refractivity contribution in [3.8, 4) is 0 Å². The van der Waals surface area contributed by atoms with E-state index in [1.807, 2.05) is 6.92 Å². The molecule has 1 atom stereocenters. The first-order chi connectivity index (χ1) is 13.7. The van der Waals surface area contributed by atoms with Gasteiger partial charge in [-0.25, -0.2) is 4.79 Å². The third-order valence-electron chi connectivity index (χ3n) is 4.14. The highest BCUT2D eigenvalue weighted by atomic mass is 19.4. The van der Waals surface area contributed by atoms with Crippen molar-refractivity contribution in [3.05, 3.63) is 59.7 Å². The third-order valence-corrected chi connectivity index (χ3v) is 4.14. The quantitative estimate of drug-likeness (QED) is 0.551. The number of halogens is 3. The van der Waals surface area contributed by atoms with E-state index in [0.717, 1.165) is 12.1 Å². The number of alkyl halides is 3.